The van der Waals surface area contributed by atoms with Crippen LogP contribution in [0.2, 0.25) is 0 Å². The smallest absolute Gasteiger partial charge is 0.125 e. The zero-order chi connectivity index (χ0) is 11.4. The molecule has 0 atom stereocenters. The number of nitrogens with zero attached hydrogens (tertiary/aromatic N) is 1. The first kappa shape index (κ1) is 11.1. The molecule has 2 aromatic rings. The molecule has 1 aromatic carbocycles. The minimum absolute atomic E-state index is 0.837. The van der Waals surface area contributed by atoms with E-state index < -0.39 is 0 Å². The normalized spacial score (nSPS) is 10.6. The van der Waals surface area contributed by atoms with Gasteiger partial charge in [-0.05, 0) is 24.5 Å². The number of aromatic nitrogens is 1. The van der Waals surface area contributed by atoms with Crippen LogP contribution in [0.15, 0.2) is 29.8 Å². The van der Waals surface area contributed by atoms with Crippen LogP contribution in [0.1, 0.15) is 25.3 Å². The van der Waals surface area contributed by atoms with Gasteiger partial charge in [-0.2, -0.15) is 0 Å². The van der Waals surface area contributed by atoms with Gasteiger partial charge in [-0.25, -0.2) is 4.98 Å². The van der Waals surface area contributed by atoms with Gasteiger partial charge in [-0.1, -0.05) is 25.5 Å². The number of nitrogen functional groups attached to an aromatic ring is 1. The Balaban J connectivity index is 2.41. The fourth-order valence-corrected chi connectivity index (χ4v) is 2.54. The van der Waals surface area contributed by atoms with E-state index in [0.717, 1.165) is 22.7 Å². The summed E-state index contributed by atoms with van der Waals surface area (Å²) in [7, 11) is 0. The molecule has 2 rings (SSSR count). The first-order valence-corrected chi connectivity index (χ1v) is 6.48. The second-order valence-electron chi connectivity index (χ2n) is 3.82. The summed E-state index contributed by atoms with van der Waals surface area (Å²) in [5.41, 5.74) is 9.33. The third-order valence-corrected chi connectivity index (χ3v) is 3.42. The van der Waals surface area contributed by atoms with Crippen molar-refractivity contribution in [2.75, 3.05) is 5.73 Å². The Bertz CT molecular complexity index is 449. The van der Waals surface area contributed by atoms with Crippen molar-refractivity contribution < 1.29 is 0 Å². The largest absolute Gasteiger partial charge is 0.398 e. The second-order valence-corrected chi connectivity index (χ2v) is 4.72. The number of hydrogen-bond acceptors (Lipinski definition) is 3. The van der Waals surface area contributed by atoms with Crippen molar-refractivity contribution in [3.8, 4) is 10.6 Å². The van der Waals surface area contributed by atoms with Gasteiger partial charge in [0, 0.05) is 22.8 Å². The lowest BCUT2D eigenvalue weighted by Crippen LogP contribution is -1.96. The minimum Gasteiger partial charge on any atom is -0.398 e. The van der Waals surface area contributed by atoms with Crippen molar-refractivity contribution in [3.05, 3.63) is 35.3 Å². The SMILES string of the molecule is CCCCc1cccc(N)c1-c1nccs1. The molecule has 84 valence electrons. The van der Waals surface area contributed by atoms with Gasteiger partial charge in [-0.15, -0.1) is 11.3 Å². The molecule has 1 heterocycles. The van der Waals surface area contributed by atoms with Crippen molar-refractivity contribution in [2.45, 2.75) is 26.2 Å². The molecule has 2 N–H and O–H groups in total. The summed E-state index contributed by atoms with van der Waals surface area (Å²) in [4.78, 5) is 4.35. The lowest BCUT2D eigenvalue weighted by atomic mass is 10.0. The van der Waals surface area contributed by atoms with Crippen LogP contribution in [0, 0.1) is 0 Å². The van der Waals surface area contributed by atoms with Crippen molar-refractivity contribution >= 4 is 17.0 Å². The summed E-state index contributed by atoms with van der Waals surface area (Å²) < 4.78 is 0. The number of anilines is 1. The van der Waals surface area contributed by atoms with Crippen LogP contribution in [0.3, 0.4) is 0 Å². The standard InChI is InChI=1S/C13H16N2S/c1-2-3-5-10-6-4-7-11(14)12(10)13-15-8-9-16-13/h4,6-9H,2-3,5,14H2,1H3. The van der Waals surface area contributed by atoms with Gasteiger partial charge >= 0.3 is 0 Å². The Kier molecular flexibility index (Phi) is 3.57. The number of hydrogen-bond donors (Lipinski definition) is 1. The highest BCUT2D eigenvalue weighted by molar-refractivity contribution is 7.13. The Hall–Kier alpha value is -1.35. The highest BCUT2D eigenvalue weighted by atomic mass is 32.1. The van der Waals surface area contributed by atoms with E-state index in [1.807, 2.05) is 23.7 Å². The quantitative estimate of drug-likeness (QED) is 0.816. The lowest BCUT2D eigenvalue weighted by molar-refractivity contribution is 0.796. The van der Waals surface area contributed by atoms with Crippen LogP contribution >= 0.6 is 11.3 Å². The fraction of sp³-hybridized carbons (Fsp3) is 0.308. The zero-order valence-corrected chi connectivity index (χ0v) is 10.3. The maximum Gasteiger partial charge on any atom is 0.125 e. The summed E-state index contributed by atoms with van der Waals surface area (Å²) in [5.74, 6) is 0. The molecular weight excluding hydrogens is 216 g/mol. The summed E-state index contributed by atoms with van der Waals surface area (Å²) in [5, 5.41) is 3.02. The lowest BCUT2D eigenvalue weighted by Gasteiger charge is -2.09. The molecule has 0 aliphatic rings. The molecule has 0 aliphatic heterocycles. The molecule has 3 heteroatoms. The van der Waals surface area contributed by atoms with E-state index in [1.54, 1.807) is 11.3 Å². The number of rotatable bonds is 4. The molecule has 0 saturated heterocycles. The molecule has 0 amide bonds. The summed E-state index contributed by atoms with van der Waals surface area (Å²) >= 11 is 1.65. The average Bonchev–Trinajstić information content (AvgIpc) is 2.79. The Morgan fingerprint density at radius 2 is 2.25 bits per heavy atom. The zero-order valence-electron chi connectivity index (χ0n) is 9.44. The number of nitrogens with two attached hydrogens (primary N) is 1. The van der Waals surface area contributed by atoms with Crippen molar-refractivity contribution in [1.82, 2.24) is 4.98 Å². The molecule has 2 nitrogen and oxygen atoms in total. The van der Waals surface area contributed by atoms with Gasteiger partial charge in [0.05, 0.1) is 0 Å². The van der Waals surface area contributed by atoms with Crippen molar-refractivity contribution in [2.24, 2.45) is 0 Å². The van der Waals surface area contributed by atoms with Crippen molar-refractivity contribution in [1.29, 1.82) is 0 Å². The van der Waals surface area contributed by atoms with E-state index in [4.69, 9.17) is 5.73 Å². The number of thiazole rings is 1. The van der Waals surface area contributed by atoms with Crippen LogP contribution < -0.4 is 5.73 Å². The molecule has 16 heavy (non-hydrogen) atoms. The van der Waals surface area contributed by atoms with Crippen LogP contribution in [0.4, 0.5) is 5.69 Å². The van der Waals surface area contributed by atoms with Crippen molar-refractivity contribution in [3.63, 3.8) is 0 Å². The first-order valence-electron chi connectivity index (χ1n) is 5.60. The third kappa shape index (κ3) is 2.25. The predicted octanol–water partition coefficient (Wildman–Crippen LogP) is 3.73. The molecular formula is C13H16N2S. The second kappa shape index (κ2) is 5.12. The highest BCUT2D eigenvalue weighted by Gasteiger charge is 2.10. The molecule has 1 aromatic heterocycles. The summed E-state index contributed by atoms with van der Waals surface area (Å²) in [6, 6.07) is 6.13. The highest BCUT2D eigenvalue weighted by Crippen LogP contribution is 2.31. The van der Waals surface area contributed by atoms with Gasteiger partial charge in [-0.3, -0.25) is 0 Å². The maximum atomic E-state index is 6.05. The van der Waals surface area contributed by atoms with Gasteiger partial charge in [0.2, 0.25) is 0 Å². The average molecular weight is 232 g/mol. The van der Waals surface area contributed by atoms with Crippen LogP contribution in [0.25, 0.3) is 10.6 Å². The Morgan fingerprint density at radius 3 is 2.94 bits per heavy atom. The van der Waals surface area contributed by atoms with Gasteiger partial charge in [0.25, 0.3) is 0 Å². The Labute approximate surface area is 100 Å². The molecule has 0 radical (unpaired) electrons. The van der Waals surface area contributed by atoms with Crippen LogP contribution in [-0.2, 0) is 6.42 Å². The molecule has 0 bridgehead atoms. The number of benzene rings is 1. The monoisotopic (exact) mass is 232 g/mol. The Morgan fingerprint density at radius 1 is 1.38 bits per heavy atom. The van der Waals surface area contributed by atoms with E-state index in [-0.39, 0.29) is 0 Å². The third-order valence-electron chi connectivity index (χ3n) is 2.63. The summed E-state index contributed by atoms with van der Waals surface area (Å²) in [6.07, 6.45) is 5.31. The van der Waals surface area contributed by atoms with Gasteiger partial charge < -0.3 is 5.73 Å². The molecule has 0 spiro atoms. The molecule has 0 fully saturated rings. The van der Waals surface area contributed by atoms with E-state index in [0.29, 0.717) is 0 Å². The number of aryl methyl sites for hydroxylation is 1. The van der Waals surface area contributed by atoms with Gasteiger partial charge in [0.1, 0.15) is 5.01 Å². The van der Waals surface area contributed by atoms with Crippen LogP contribution in [0.5, 0.6) is 0 Å². The van der Waals surface area contributed by atoms with E-state index in [2.05, 4.69) is 18.0 Å². The topological polar surface area (TPSA) is 38.9 Å². The summed E-state index contributed by atoms with van der Waals surface area (Å²) in [6.45, 7) is 2.20. The maximum absolute atomic E-state index is 6.05. The number of unbranched alkanes of at least 4 members (excludes halogenated alkanes) is 1. The molecule has 0 aliphatic carbocycles. The van der Waals surface area contributed by atoms with Crippen LogP contribution in [-0.4, -0.2) is 4.98 Å². The van der Waals surface area contributed by atoms with E-state index in [9.17, 15) is 0 Å². The van der Waals surface area contributed by atoms with E-state index >= 15 is 0 Å². The minimum atomic E-state index is 0.837. The van der Waals surface area contributed by atoms with E-state index in [1.165, 1.54) is 18.4 Å². The first-order chi connectivity index (χ1) is 7.83. The fourth-order valence-electron chi connectivity index (χ4n) is 1.80. The molecule has 0 unspecified atom stereocenters. The van der Waals surface area contributed by atoms with Gasteiger partial charge in [0.15, 0.2) is 0 Å². The molecule has 0 saturated carbocycles. The predicted molar refractivity (Wildman–Crippen MR) is 70.6 cm³/mol.